The van der Waals surface area contributed by atoms with Gasteiger partial charge in [-0.2, -0.15) is 0 Å². The highest BCUT2D eigenvalue weighted by Gasteiger charge is 2.22. The van der Waals surface area contributed by atoms with Crippen molar-refractivity contribution in [3.63, 3.8) is 0 Å². The number of hydrogen-bond donors (Lipinski definition) is 2. The van der Waals surface area contributed by atoms with Crippen LogP contribution in [0.1, 0.15) is 19.8 Å². The molecule has 4 nitrogen and oxygen atoms in total. The fraction of sp³-hybridized carbons (Fsp3) is 0.923. The molecule has 1 aliphatic rings. The molecule has 1 amide bonds. The first-order valence-electron chi connectivity index (χ1n) is 7.02. The van der Waals surface area contributed by atoms with E-state index < -0.39 is 8.07 Å². The summed E-state index contributed by atoms with van der Waals surface area (Å²) < 4.78 is 5.25. The third kappa shape index (κ3) is 6.40. The third-order valence-corrected chi connectivity index (χ3v) is 5.23. The monoisotopic (exact) mass is 272 g/mol. The van der Waals surface area contributed by atoms with Crippen molar-refractivity contribution in [3.8, 4) is 0 Å². The Hall–Kier alpha value is -0.553. The molecule has 0 saturated carbocycles. The number of ether oxygens (including phenoxy) is 1. The van der Waals surface area contributed by atoms with E-state index in [1.807, 2.05) is 0 Å². The first kappa shape index (κ1) is 15.5. The van der Waals surface area contributed by atoms with Gasteiger partial charge in [-0.05, 0) is 44.8 Å². The van der Waals surface area contributed by atoms with Gasteiger partial charge in [-0.15, -0.1) is 0 Å². The van der Waals surface area contributed by atoms with E-state index in [9.17, 15) is 4.79 Å². The number of carbonyl (C=O) groups is 1. The molecule has 1 atom stereocenters. The summed E-state index contributed by atoms with van der Waals surface area (Å²) in [6.45, 7) is 11.6. The van der Waals surface area contributed by atoms with E-state index in [1.54, 1.807) is 0 Å². The first-order valence-corrected chi connectivity index (χ1v) is 10.7. The van der Waals surface area contributed by atoms with Gasteiger partial charge in [-0.25, -0.2) is 4.79 Å². The topological polar surface area (TPSA) is 50.4 Å². The van der Waals surface area contributed by atoms with Gasteiger partial charge < -0.3 is 15.4 Å². The van der Waals surface area contributed by atoms with Gasteiger partial charge in [0.2, 0.25) is 0 Å². The van der Waals surface area contributed by atoms with Crippen molar-refractivity contribution in [1.29, 1.82) is 0 Å². The fourth-order valence-electron chi connectivity index (χ4n) is 2.14. The van der Waals surface area contributed by atoms with E-state index in [0.29, 0.717) is 12.5 Å². The molecule has 106 valence electrons. The van der Waals surface area contributed by atoms with Crippen molar-refractivity contribution in [2.75, 3.05) is 19.7 Å². The molecule has 5 heteroatoms. The number of amides is 1. The average Bonchev–Trinajstić information content (AvgIpc) is 2.28. The van der Waals surface area contributed by atoms with Gasteiger partial charge in [0.25, 0.3) is 0 Å². The van der Waals surface area contributed by atoms with E-state index in [2.05, 4.69) is 37.2 Å². The van der Waals surface area contributed by atoms with Crippen LogP contribution in [0.15, 0.2) is 0 Å². The Balaban J connectivity index is 2.18. The van der Waals surface area contributed by atoms with Gasteiger partial charge in [-0.3, -0.25) is 0 Å². The zero-order valence-corrected chi connectivity index (χ0v) is 13.2. The number of carbonyl (C=O) groups excluding carboxylic acids is 1. The molecular formula is C13H28N2O2Si. The molecule has 18 heavy (non-hydrogen) atoms. The summed E-state index contributed by atoms with van der Waals surface area (Å²) in [4.78, 5) is 11.6. The van der Waals surface area contributed by atoms with E-state index in [-0.39, 0.29) is 12.1 Å². The molecular weight excluding hydrogens is 244 g/mol. The summed E-state index contributed by atoms with van der Waals surface area (Å²) in [5.74, 6) is 0.579. The summed E-state index contributed by atoms with van der Waals surface area (Å²) in [5.41, 5.74) is 0. The molecule has 1 saturated heterocycles. The third-order valence-electron chi connectivity index (χ3n) is 3.52. The van der Waals surface area contributed by atoms with E-state index in [4.69, 9.17) is 4.74 Å². The lowest BCUT2D eigenvalue weighted by molar-refractivity contribution is 0.142. The number of hydrogen-bond acceptors (Lipinski definition) is 3. The van der Waals surface area contributed by atoms with Crippen LogP contribution < -0.4 is 10.6 Å². The number of piperidine rings is 1. The van der Waals surface area contributed by atoms with E-state index in [1.165, 1.54) is 0 Å². The normalized spacial score (nSPS) is 19.3. The second-order valence-electron chi connectivity index (χ2n) is 6.47. The predicted molar refractivity (Wildman–Crippen MR) is 77.7 cm³/mol. The summed E-state index contributed by atoms with van der Waals surface area (Å²) in [7, 11) is -1.11. The Kier molecular flexibility index (Phi) is 6.15. The minimum atomic E-state index is -1.11. The molecule has 1 aliphatic heterocycles. The van der Waals surface area contributed by atoms with Crippen LogP contribution in [0.5, 0.6) is 0 Å². The molecule has 0 spiro atoms. The minimum absolute atomic E-state index is 0.214. The maximum atomic E-state index is 11.6. The standard InChI is InChI=1S/C13H28N2O2Si/c1-11(12-5-7-14-8-6-12)15-13(16)17-9-10-18(2,3)4/h11-12,14H,5-10H2,1-4H3,(H,15,16)/t11-/m0/s1. The lowest BCUT2D eigenvalue weighted by atomic mass is 9.91. The Morgan fingerprint density at radius 1 is 1.39 bits per heavy atom. The first-order chi connectivity index (χ1) is 8.38. The van der Waals surface area contributed by atoms with Crippen molar-refractivity contribution < 1.29 is 9.53 Å². The molecule has 2 N–H and O–H groups in total. The van der Waals surface area contributed by atoms with Crippen molar-refractivity contribution in [2.24, 2.45) is 5.92 Å². The van der Waals surface area contributed by atoms with Crippen LogP contribution in [0.25, 0.3) is 0 Å². The maximum absolute atomic E-state index is 11.6. The number of alkyl carbamates (subject to hydrolysis) is 1. The van der Waals surface area contributed by atoms with E-state index >= 15 is 0 Å². The molecule has 0 aliphatic carbocycles. The van der Waals surface area contributed by atoms with Gasteiger partial charge in [0.05, 0.1) is 6.61 Å². The smallest absolute Gasteiger partial charge is 0.407 e. The second-order valence-corrected chi connectivity index (χ2v) is 12.1. The summed E-state index contributed by atoms with van der Waals surface area (Å²) in [5, 5.41) is 6.30. The maximum Gasteiger partial charge on any atom is 0.407 e. The van der Waals surface area contributed by atoms with Crippen molar-refractivity contribution in [2.45, 2.75) is 51.5 Å². The van der Waals surface area contributed by atoms with Gasteiger partial charge >= 0.3 is 6.09 Å². The fourth-order valence-corrected chi connectivity index (χ4v) is 2.85. The van der Waals surface area contributed by atoms with Crippen LogP contribution in [0.2, 0.25) is 25.7 Å². The minimum Gasteiger partial charge on any atom is -0.450 e. The summed E-state index contributed by atoms with van der Waals surface area (Å²) in [6.07, 6.45) is 2.02. The molecule has 0 aromatic carbocycles. The van der Waals surface area contributed by atoms with Gasteiger partial charge in [0.1, 0.15) is 0 Å². The average molecular weight is 272 g/mol. The van der Waals surface area contributed by atoms with Crippen LogP contribution in [0.3, 0.4) is 0 Å². The van der Waals surface area contributed by atoms with Crippen LogP contribution in [0, 0.1) is 5.92 Å². The highest BCUT2D eigenvalue weighted by molar-refractivity contribution is 6.76. The highest BCUT2D eigenvalue weighted by Crippen LogP contribution is 2.16. The van der Waals surface area contributed by atoms with Gasteiger partial charge in [0, 0.05) is 14.1 Å². The predicted octanol–water partition coefficient (Wildman–Crippen LogP) is 2.44. The lowest BCUT2D eigenvalue weighted by Crippen LogP contribution is -2.43. The largest absolute Gasteiger partial charge is 0.450 e. The van der Waals surface area contributed by atoms with Crippen molar-refractivity contribution in [3.05, 3.63) is 0 Å². The zero-order chi connectivity index (χ0) is 13.6. The molecule has 0 radical (unpaired) electrons. The van der Waals surface area contributed by atoms with Crippen LogP contribution in [-0.4, -0.2) is 39.9 Å². The molecule has 0 bridgehead atoms. The Labute approximate surface area is 112 Å². The lowest BCUT2D eigenvalue weighted by Gasteiger charge is -2.28. The van der Waals surface area contributed by atoms with Crippen molar-refractivity contribution >= 4 is 14.2 Å². The summed E-state index contributed by atoms with van der Waals surface area (Å²) in [6, 6.07) is 1.24. The Bertz CT molecular complexity index is 260. The molecule has 1 rings (SSSR count). The van der Waals surface area contributed by atoms with Crippen LogP contribution in [0.4, 0.5) is 4.79 Å². The van der Waals surface area contributed by atoms with Gasteiger partial charge in [0.15, 0.2) is 0 Å². The zero-order valence-electron chi connectivity index (χ0n) is 12.2. The molecule has 0 unspecified atom stereocenters. The van der Waals surface area contributed by atoms with Crippen molar-refractivity contribution in [1.82, 2.24) is 10.6 Å². The SMILES string of the molecule is C[C@H](NC(=O)OCC[Si](C)(C)C)C1CCNCC1. The Morgan fingerprint density at radius 3 is 2.56 bits per heavy atom. The quantitative estimate of drug-likeness (QED) is 0.756. The summed E-state index contributed by atoms with van der Waals surface area (Å²) >= 11 is 0. The van der Waals surface area contributed by atoms with Crippen LogP contribution in [-0.2, 0) is 4.74 Å². The van der Waals surface area contributed by atoms with Crippen LogP contribution >= 0.6 is 0 Å². The molecule has 0 aromatic rings. The number of rotatable bonds is 5. The van der Waals surface area contributed by atoms with Gasteiger partial charge in [-0.1, -0.05) is 19.6 Å². The molecule has 1 fully saturated rings. The second kappa shape index (κ2) is 7.14. The highest BCUT2D eigenvalue weighted by atomic mass is 28.3. The molecule has 0 aromatic heterocycles. The molecule has 1 heterocycles. The Morgan fingerprint density at radius 2 is 2.00 bits per heavy atom. The number of nitrogens with one attached hydrogen (secondary N) is 2. The van der Waals surface area contributed by atoms with E-state index in [0.717, 1.165) is 32.0 Å².